The van der Waals surface area contributed by atoms with E-state index in [0.29, 0.717) is 23.8 Å². The molecule has 1 aromatic carbocycles. The summed E-state index contributed by atoms with van der Waals surface area (Å²) in [5, 5.41) is 5.35. The number of thioether (sulfide) groups is 1. The second-order valence-corrected chi connectivity index (χ2v) is 14.4. The zero-order valence-electron chi connectivity index (χ0n) is 26.8. The van der Waals surface area contributed by atoms with E-state index in [-0.39, 0.29) is 28.6 Å². The number of hydrogen-bond acceptors (Lipinski definition) is 8. The molecule has 2 aromatic heterocycles. The van der Waals surface area contributed by atoms with Gasteiger partial charge in [-0.2, -0.15) is 5.10 Å². The third kappa shape index (κ3) is 9.18. The van der Waals surface area contributed by atoms with Gasteiger partial charge in [0.15, 0.2) is 5.65 Å². The number of halogens is 3. The highest BCUT2D eigenvalue weighted by atomic mass is 32.2. The molecular formula is C31H40F3N5O5S. The molecule has 3 aromatic rings. The van der Waals surface area contributed by atoms with Gasteiger partial charge in [-0.3, -0.25) is 0 Å². The maximum absolute atomic E-state index is 13.8. The zero-order valence-corrected chi connectivity index (χ0v) is 27.6. The Bertz CT molecular complexity index is 1530. The fourth-order valence-corrected chi connectivity index (χ4v) is 5.92. The highest BCUT2D eigenvalue weighted by Crippen LogP contribution is 2.38. The van der Waals surface area contributed by atoms with Gasteiger partial charge in [0.05, 0.1) is 23.3 Å². The lowest BCUT2D eigenvalue weighted by Crippen LogP contribution is -2.43. The second kappa shape index (κ2) is 13.0. The van der Waals surface area contributed by atoms with E-state index < -0.39 is 29.4 Å². The molecule has 1 atom stereocenters. The van der Waals surface area contributed by atoms with E-state index in [1.54, 1.807) is 42.4 Å². The van der Waals surface area contributed by atoms with Crippen molar-refractivity contribution in [1.29, 1.82) is 0 Å². The number of amides is 2. The molecule has 14 heteroatoms. The van der Waals surface area contributed by atoms with Gasteiger partial charge in [0, 0.05) is 30.5 Å². The first-order chi connectivity index (χ1) is 20.8. The fraction of sp³-hybridized carbons (Fsp3) is 0.548. The number of anilines is 2. The standard InChI is InChI=1S/C31H40F3N5O5S/c1-19(2)24-17-35-26-23(38(28(41)44-30(6,7)8)20-11-9-12-21(15-20)42-31(32,33)34)16-25(36-39(24)26)45-22-13-10-14-37(18-22)27(40)43-29(3,4)5/h9,11-12,15-17,19,22H,10,13-14,18H2,1-8H3. The number of alkyl halides is 3. The minimum atomic E-state index is -4.93. The molecule has 0 radical (unpaired) electrons. The van der Waals surface area contributed by atoms with Crippen molar-refractivity contribution < 1.29 is 37.0 Å². The normalized spacial score (nSPS) is 16.2. The molecule has 1 aliphatic rings. The van der Waals surface area contributed by atoms with Crippen LogP contribution >= 0.6 is 11.8 Å². The Balaban J connectivity index is 1.80. The number of nitrogens with zero attached hydrogens (tertiary/aromatic N) is 5. The highest BCUT2D eigenvalue weighted by Gasteiger charge is 2.34. The Labute approximate surface area is 265 Å². The molecule has 1 unspecified atom stereocenters. The minimum Gasteiger partial charge on any atom is -0.444 e. The molecule has 10 nitrogen and oxygen atoms in total. The Morgan fingerprint density at radius 1 is 1.04 bits per heavy atom. The van der Waals surface area contributed by atoms with Gasteiger partial charge in [-0.1, -0.05) is 31.7 Å². The molecule has 1 fully saturated rings. The van der Waals surface area contributed by atoms with Gasteiger partial charge in [0.2, 0.25) is 0 Å². The van der Waals surface area contributed by atoms with Crippen molar-refractivity contribution in [2.75, 3.05) is 18.0 Å². The van der Waals surface area contributed by atoms with E-state index in [0.717, 1.165) is 30.7 Å². The lowest BCUT2D eigenvalue weighted by molar-refractivity contribution is -0.274. The SMILES string of the molecule is CC(C)c1cnc2c(N(C(=O)OC(C)(C)C)c3cccc(OC(F)(F)F)c3)cc(SC3CCCN(C(=O)OC(C)(C)C)C3)nn12. The average molecular weight is 652 g/mol. The average Bonchev–Trinajstić information content (AvgIpc) is 3.31. The summed E-state index contributed by atoms with van der Waals surface area (Å²) in [4.78, 5) is 34.0. The third-order valence-corrected chi connectivity index (χ3v) is 7.65. The monoisotopic (exact) mass is 651 g/mol. The van der Waals surface area contributed by atoms with Crippen LogP contribution in [0.5, 0.6) is 5.75 Å². The summed E-state index contributed by atoms with van der Waals surface area (Å²) in [5.74, 6) is -0.486. The summed E-state index contributed by atoms with van der Waals surface area (Å²) in [6.45, 7) is 15.5. The summed E-state index contributed by atoms with van der Waals surface area (Å²) in [6, 6.07) is 6.79. The van der Waals surface area contributed by atoms with Gasteiger partial charge >= 0.3 is 18.5 Å². The maximum atomic E-state index is 13.8. The van der Waals surface area contributed by atoms with Gasteiger partial charge in [0.25, 0.3) is 0 Å². The summed E-state index contributed by atoms with van der Waals surface area (Å²) in [7, 11) is 0. The van der Waals surface area contributed by atoms with Gasteiger partial charge < -0.3 is 19.1 Å². The Kier molecular flexibility index (Phi) is 9.86. The second-order valence-electron chi connectivity index (χ2n) is 13.1. The van der Waals surface area contributed by atoms with E-state index in [1.165, 1.54) is 28.8 Å². The van der Waals surface area contributed by atoms with Crippen molar-refractivity contribution in [1.82, 2.24) is 19.5 Å². The van der Waals surface area contributed by atoms with Crippen LogP contribution in [0.4, 0.5) is 34.1 Å². The van der Waals surface area contributed by atoms with Crippen LogP contribution < -0.4 is 9.64 Å². The number of benzene rings is 1. The van der Waals surface area contributed by atoms with E-state index in [1.807, 2.05) is 34.6 Å². The number of piperidine rings is 1. The van der Waals surface area contributed by atoms with Crippen LogP contribution in [0.1, 0.15) is 79.8 Å². The Morgan fingerprint density at radius 3 is 2.36 bits per heavy atom. The number of carbonyl (C=O) groups excluding carboxylic acids is 2. The highest BCUT2D eigenvalue weighted by molar-refractivity contribution is 7.99. The molecule has 0 spiro atoms. The number of imidazole rings is 1. The van der Waals surface area contributed by atoms with Crippen LogP contribution in [0.15, 0.2) is 41.6 Å². The number of fused-ring (bicyclic) bond motifs is 1. The predicted molar refractivity (Wildman–Crippen MR) is 165 cm³/mol. The molecule has 0 saturated carbocycles. The molecule has 4 rings (SSSR count). The molecule has 0 N–H and O–H groups in total. The Hall–Kier alpha value is -3.68. The third-order valence-electron chi connectivity index (χ3n) is 6.49. The quantitative estimate of drug-likeness (QED) is 0.263. The number of rotatable bonds is 6. The number of ether oxygens (including phenoxy) is 3. The van der Waals surface area contributed by atoms with Crippen LogP contribution in [-0.2, 0) is 9.47 Å². The lowest BCUT2D eigenvalue weighted by Gasteiger charge is -2.33. The van der Waals surface area contributed by atoms with E-state index in [4.69, 9.17) is 14.6 Å². The molecule has 2 amide bonds. The molecule has 246 valence electrons. The number of hydrogen-bond donors (Lipinski definition) is 0. The van der Waals surface area contributed by atoms with Crippen molar-refractivity contribution >= 4 is 41.0 Å². The van der Waals surface area contributed by atoms with Gasteiger partial charge in [0.1, 0.15) is 22.0 Å². The molecule has 3 heterocycles. The topological polar surface area (TPSA) is 98.5 Å². The molecular weight excluding hydrogens is 611 g/mol. The lowest BCUT2D eigenvalue weighted by atomic mass is 10.1. The van der Waals surface area contributed by atoms with Crippen molar-refractivity contribution in [2.24, 2.45) is 0 Å². The largest absolute Gasteiger partial charge is 0.573 e. The van der Waals surface area contributed by atoms with E-state index in [9.17, 15) is 22.8 Å². The summed E-state index contributed by atoms with van der Waals surface area (Å²) < 4.78 is 56.4. The number of aromatic nitrogens is 3. The van der Waals surface area contributed by atoms with Crippen LogP contribution in [0, 0.1) is 0 Å². The predicted octanol–water partition coefficient (Wildman–Crippen LogP) is 8.32. The summed E-state index contributed by atoms with van der Waals surface area (Å²) >= 11 is 1.44. The first-order valence-corrected chi connectivity index (χ1v) is 15.6. The molecule has 1 saturated heterocycles. The van der Waals surface area contributed by atoms with Gasteiger partial charge in [-0.05, 0) is 72.4 Å². The zero-order chi connectivity index (χ0) is 33.3. The van der Waals surface area contributed by atoms with Crippen molar-refractivity contribution in [3.8, 4) is 5.75 Å². The van der Waals surface area contributed by atoms with Crippen LogP contribution in [0.3, 0.4) is 0 Å². The van der Waals surface area contributed by atoms with Crippen LogP contribution in [0.25, 0.3) is 5.65 Å². The van der Waals surface area contributed by atoms with Gasteiger partial charge in [-0.25, -0.2) is 24.0 Å². The first kappa shape index (κ1) is 34.2. The Morgan fingerprint density at radius 2 is 1.73 bits per heavy atom. The van der Waals surface area contributed by atoms with E-state index in [2.05, 4.69) is 9.72 Å². The molecule has 45 heavy (non-hydrogen) atoms. The number of likely N-dealkylation sites (tertiary alicyclic amines) is 1. The van der Waals surface area contributed by atoms with Crippen LogP contribution in [0.2, 0.25) is 0 Å². The van der Waals surface area contributed by atoms with E-state index >= 15 is 0 Å². The molecule has 0 aliphatic carbocycles. The summed E-state index contributed by atoms with van der Waals surface area (Å²) in [5.41, 5.74) is -0.111. The van der Waals surface area contributed by atoms with Crippen LogP contribution in [-0.4, -0.2) is 67.6 Å². The number of carbonyl (C=O) groups is 2. The molecule has 0 bridgehead atoms. The van der Waals surface area contributed by atoms with Crippen molar-refractivity contribution in [2.45, 2.75) is 102 Å². The fourth-order valence-electron chi connectivity index (χ4n) is 4.73. The summed E-state index contributed by atoms with van der Waals surface area (Å²) in [6.07, 6.45) is -2.89. The van der Waals surface area contributed by atoms with Crippen molar-refractivity contribution in [3.63, 3.8) is 0 Å². The minimum absolute atomic E-state index is 0.0106. The maximum Gasteiger partial charge on any atom is 0.573 e. The molecule has 1 aliphatic heterocycles. The van der Waals surface area contributed by atoms with Gasteiger partial charge in [-0.15, -0.1) is 13.2 Å². The van der Waals surface area contributed by atoms with Crippen molar-refractivity contribution in [3.05, 3.63) is 42.2 Å². The smallest absolute Gasteiger partial charge is 0.444 e. The first-order valence-electron chi connectivity index (χ1n) is 14.7.